The first kappa shape index (κ1) is 23.9. The number of carbonyl (C=O) groups is 5. The Bertz CT molecular complexity index is 755. The number of nitrogens with one attached hydrogen (secondary N) is 1. The molecule has 2 fully saturated rings. The molecule has 0 bridgehead atoms. The van der Waals surface area contributed by atoms with E-state index in [9.17, 15) is 29.1 Å². The van der Waals surface area contributed by atoms with Crippen LogP contribution >= 0.6 is 0 Å². The average molecular weight is 450 g/mol. The zero-order valence-corrected chi connectivity index (χ0v) is 18.2. The van der Waals surface area contributed by atoms with Gasteiger partial charge in [0.15, 0.2) is 6.23 Å². The van der Waals surface area contributed by atoms with Crippen molar-refractivity contribution in [2.75, 3.05) is 13.1 Å². The van der Waals surface area contributed by atoms with Crippen LogP contribution in [0, 0.1) is 11.8 Å². The first-order chi connectivity index (χ1) is 15.3. The summed E-state index contributed by atoms with van der Waals surface area (Å²) in [7, 11) is 0. The number of aliphatic hydroxyl groups is 1. The highest BCUT2D eigenvalue weighted by Gasteiger charge is 2.33. The normalized spacial score (nSPS) is 25.5. The van der Waals surface area contributed by atoms with Crippen molar-refractivity contribution in [3.05, 3.63) is 12.2 Å². The maximum atomic E-state index is 12.4. The van der Waals surface area contributed by atoms with Gasteiger partial charge >= 0.3 is 5.97 Å². The fourth-order valence-corrected chi connectivity index (χ4v) is 4.32. The van der Waals surface area contributed by atoms with E-state index in [0.717, 1.165) is 43.6 Å². The van der Waals surface area contributed by atoms with Gasteiger partial charge in [-0.25, -0.2) is 4.79 Å². The summed E-state index contributed by atoms with van der Waals surface area (Å²) in [6, 6.07) is 0. The van der Waals surface area contributed by atoms with Crippen LogP contribution in [0.1, 0.15) is 64.2 Å². The zero-order valence-electron chi connectivity index (χ0n) is 18.2. The summed E-state index contributed by atoms with van der Waals surface area (Å²) >= 11 is 0. The topological polar surface area (TPSA) is 133 Å². The van der Waals surface area contributed by atoms with E-state index in [2.05, 4.69) is 5.32 Å². The van der Waals surface area contributed by atoms with Crippen LogP contribution in [0.25, 0.3) is 0 Å². The van der Waals surface area contributed by atoms with Gasteiger partial charge in [-0.2, -0.15) is 0 Å². The molecule has 2 N–H and O–H groups in total. The molecule has 1 saturated heterocycles. The fraction of sp³-hybridized carbons (Fsp3) is 0.682. The molecule has 0 radical (unpaired) electrons. The monoisotopic (exact) mass is 449 g/mol. The molecule has 1 aliphatic carbocycles. The van der Waals surface area contributed by atoms with Crippen molar-refractivity contribution in [3.63, 3.8) is 0 Å². The maximum absolute atomic E-state index is 12.4. The van der Waals surface area contributed by atoms with Crippen molar-refractivity contribution in [3.8, 4) is 0 Å². The zero-order chi connectivity index (χ0) is 23.1. The standard InChI is InChI=1S/C22H31N3O7/c26-17-9-10-18(27)24(17)14-15-5-7-16(8-6-15)22(31)23-13-3-1-2-4-21(30)32-25-19(28)11-12-20(25)29/h9-10,15-16,19,28H,1-8,11-14H2,(H,23,31). The lowest BCUT2D eigenvalue weighted by atomic mass is 9.81. The smallest absolute Gasteiger partial charge is 0.332 e. The van der Waals surface area contributed by atoms with Crippen molar-refractivity contribution in [2.45, 2.75) is 70.4 Å². The number of aliphatic hydroxyl groups excluding tert-OH is 1. The van der Waals surface area contributed by atoms with Crippen molar-refractivity contribution >= 4 is 29.6 Å². The van der Waals surface area contributed by atoms with Gasteiger partial charge in [-0.3, -0.25) is 24.1 Å². The van der Waals surface area contributed by atoms with Crippen molar-refractivity contribution in [2.24, 2.45) is 11.8 Å². The van der Waals surface area contributed by atoms with E-state index in [1.807, 2.05) is 0 Å². The van der Waals surface area contributed by atoms with Gasteiger partial charge in [-0.15, -0.1) is 5.06 Å². The minimum atomic E-state index is -1.06. The van der Waals surface area contributed by atoms with Crippen LogP contribution in [0.4, 0.5) is 0 Å². The van der Waals surface area contributed by atoms with E-state index in [1.54, 1.807) is 0 Å². The van der Waals surface area contributed by atoms with Crippen molar-refractivity contribution < 1.29 is 33.9 Å². The molecule has 3 rings (SSSR count). The Morgan fingerprint density at radius 3 is 2.31 bits per heavy atom. The molecule has 0 aromatic carbocycles. The summed E-state index contributed by atoms with van der Waals surface area (Å²) in [6.45, 7) is 0.950. The number of amides is 4. The number of hydroxylamine groups is 2. The summed E-state index contributed by atoms with van der Waals surface area (Å²) in [4.78, 5) is 65.1. The van der Waals surface area contributed by atoms with E-state index in [-0.39, 0.29) is 48.8 Å². The van der Waals surface area contributed by atoms with E-state index in [0.29, 0.717) is 19.5 Å². The number of carbonyl (C=O) groups excluding carboxylic acids is 5. The highest BCUT2D eigenvalue weighted by atomic mass is 16.7. The lowest BCUT2D eigenvalue weighted by Gasteiger charge is -2.30. The predicted molar refractivity (Wildman–Crippen MR) is 111 cm³/mol. The molecule has 10 nitrogen and oxygen atoms in total. The van der Waals surface area contributed by atoms with Crippen LogP contribution in [-0.2, 0) is 28.8 Å². The van der Waals surface area contributed by atoms with Crippen LogP contribution < -0.4 is 5.32 Å². The Labute approximate surface area is 186 Å². The molecule has 1 unspecified atom stereocenters. The minimum Gasteiger partial charge on any atom is -0.370 e. The Morgan fingerprint density at radius 2 is 1.69 bits per heavy atom. The summed E-state index contributed by atoms with van der Waals surface area (Å²) in [6.07, 6.45) is 7.25. The Balaban J connectivity index is 1.22. The summed E-state index contributed by atoms with van der Waals surface area (Å²) in [5.74, 6) is -1.24. The lowest BCUT2D eigenvalue weighted by Crippen LogP contribution is -2.38. The van der Waals surface area contributed by atoms with Gasteiger partial charge in [0.2, 0.25) is 5.91 Å². The second-order valence-electron chi connectivity index (χ2n) is 8.64. The summed E-state index contributed by atoms with van der Waals surface area (Å²) in [5.41, 5.74) is 0. The second-order valence-corrected chi connectivity index (χ2v) is 8.64. The quantitative estimate of drug-likeness (QED) is 0.372. The number of nitrogens with zero attached hydrogens (tertiary/aromatic N) is 2. The molecule has 2 aliphatic heterocycles. The van der Waals surface area contributed by atoms with E-state index in [1.165, 1.54) is 17.1 Å². The molecule has 176 valence electrons. The molecule has 32 heavy (non-hydrogen) atoms. The van der Waals surface area contributed by atoms with Gasteiger partial charge < -0.3 is 15.3 Å². The number of rotatable bonds is 10. The highest BCUT2D eigenvalue weighted by Crippen LogP contribution is 2.30. The molecule has 3 aliphatic rings. The third-order valence-electron chi connectivity index (χ3n) is 6.25. The Kier molecular flexibility index (Phi) is 8.38. The minimum absolute atomic E-state index is 0.0272. The molecule has 1 atom stereocenters. The first-order valence-electron chi connectivity index (χ1n) is 11.4. The van der Waals surface area contributed by atoms with Gasteiger partial charge in [0.25, 0.3) is 17.7 Å². The van der Waals surface area contributed by atoms with Crippen LogP contribution in [-0.4, -0.2) is 64.0 Å². The van der Waals surface area contributed by atoms with Gasteiger partial charge in [0, 0.05) is 50.4 Å². The van der Waals surface area contributed by atoms with Crippen LogP contribution in [0.3, 0.4) is 0 Å². The van der Waals surface area contributed by atoms with Crippen molar-refractivity contribution in [1.82, 2.24) is 15.3 Å². The molecular formula is C22H31N3O7. The molecule has 0 aromatic heterocycles. The van der Waals surface area contributed by atoms with Gasteiger partial charge in [0.05, 0.1) is 0 Å². The van der Waals surface area contributed by atoms with Gasteiger partial charge in [-0.1, -0.05) is 6.42 Å². The summed E-state index contributed by atoms with van der Waals surface area (Å²) in [5, 5.41) is 13.3. The van der Waals surface area contributed by atoms with Crippen LogP contribution in [0.5, 0.6) is 0 Å². The molecular weight excluding hydrogens is 418 g/mol. The molecule has 0 spiro atoms. The molecule has 2 heterocycles. The Morgan fingerprint density at radius 1 is 1.00 bits per heavy atom. The molecule has 10 heteroatoms. The predicted octanol–water partition coefficient (Wildman–Crippen LogP) is 0.793. The Hall–Kier alpha value is -2.75. The van der Waals surface area contributed by atoms with Crippen LogP contribution in [0.2, 0.25) is 0 Å². The number of imide groups is 1. The molecule has 4 amide bonds. The number of unbranched alkanes of at least 4 members (excludes halogenated alkanes) is 2. The average Bonchev–Trinajstić information content (AvgIpc) is 3.26. The van der Waals surface area contributed by atoms with E-state index < -0.39 is 18.1 Å². The van der Waals surface area contributed by atoms with Gasteiger partial charge in [-0.05, 0) is 44.4 Å². The lowest BCUT2D eigenvalue weighted by molar-refractivity contribution is -0.220. The van der Waals surface area contributed by atoms with E-state index >= 15 is 0 Å². The third-order valence-corrected chi connectivity index (χ3v) is 6.25. The SMILES string of the molecule is O=C(CCCCCNC(=O)C1CCC(CN2C(=O)C=CC2=O)CC1)ON1C(=O)CCC1O. The van der Waals surface area contributed by atoms with Crippen LogP contribution in [0.15, 0.2) is 12.2 Å². The molecule has 1 saturated carbocycles. The number of hydrogen-bond donors (Lipinski definition) is 2. The van der Waals surface area contributed by atoms with E-state index in [4.69, 9.17) is 4.84 Å². The fourth-order valence-electron chi connectivity index (χ4n) is 4.32. The summed E-state index contributed by atoms with van der Waals surface area (Å²) < 4.78 is 0. The second kappa shape index (κ2) is 11.2. The maximum Gasteiger partial charge on any atom is 0.332 e. The van der Waals surface area contributed by atoms with Crippen molar-refractivity contribution in [1.29, 1.82) is 0 Å². The third kappa shape index (κ3) is 6.38. The highest BCUT2D eigenvalue weighted by molar-refractivity contribution is 6.12. The largest absolute Gasteiger partial charge is 0.370 e. The number of hydrogen-bond acceptors (Lipinski definition) is 7. The first-order valence-corrected chi connectivity index (χ1v) is 11.4. The molecule has 0 aromatic rings. The van der Waals surface area contributed by atoms with Gasteiger partial charge in [0.1, 0.15) is 0 Å².